The van der Waals surface area contributed by atoms with Crippen LogP contribution in [0.5, 0.6) is 0 Å². The number of aliphatic hydroxyl groups excluding tert-OH is 1. The van der Waals surface area contributed by atoms with Crippen LogP contribution < -0.4 is 5.32 Å². The lowest BCUT2D eigenvalue weighted by Gasteiger charge is -2.17. The summed E-state index contributed by atoms with van der Waals surface area (Å²) in [6, 6.07) is 8.71. The molecule has 0 unspecified atom stereocenters. The Labute approximate surface area is 128 Å². The van der Waals surface area contributed by atoms with E-state index in [1.54, 1.807) is 6.07 Å². The molecular weight excluding hydrogens is 344 g/mol. The van der Waals surface area contributed by atoms with E-state index in [1.807, 2.05) is 0 Å². The van der Waals surface area contributed by atoms with Crippen molar-refractivity contribution in [3.63, 3.8) is 0 Å². The molecule has 0 heterocycles. The maximum absolute atomic E-state index is 13.5. The number of hydrogen-bond acceptors (Lipinski definition) is 2. The van der Waals surface area contributed by atoms with E-state index in [0.717, 1.165) is 0 Å². The third-order valence-electron chi connectivity index (χ3n) is 2.89. The molecule has 0 saturated heterocycles. The molecule has 0 radical (unpaired) electrons. The van der Waals surface area contributed by atoms with Crippen LogP contribution in [0.1, 0.15) is 22.0 Å². The second-order valence-corrected chi connectivity index (χ2v) is 5.31. The summed E-state index contributed by atoms with van der Waals surface area (Å²) < 4.78 is 27.4. The Kier molecular flexibility index (Phi) is 5.03. The van der Waals surface area contributed by atoms with Gasteiger partial charge in [0.05, 0.1) is 18.2 Å². The minimum absolute atomic E-state index is 0.133. The average Bonchev–Trinajstić information content (AvgIpc) is 2.43. The molecule has 0 aliphatic carbocycles. The van der Waals surface area contributed by atoms with Gasteiger partial charge in [0, 0.05) is 4.47 Å². The quantitative estimate of drug-likeness (QED) is 0.884. The van der Waals surface area contributed by atoms with Crippen LogP contribution in [-0.2, 0) is 0 Å². The molecule has 2 aromatic rings. The number of amides is 1. The van der Waals surface area contributed by atoms with Crippen LogP contribution in [0.25, 0.3) is 0 Å². The molecule has 1 amide bonds. The van der Waals surface area contributed by atoms with Crippen molar-refractivity contribution in [1.29, 1.82) is 0 Å². The third-order valence-corrected chi connectivity index (χ3v) is 3.35. The van der Waals surface area contributed by atoms with Gasteiger partial charge in [-0.3, -0.25) is 4.79 Å². The lowest BCUT2D eigenvalue weighted by atomic mass is 10.1. The Morgan fingerprint density at radius 1 is 1.24 bits per heavy atom. The summed E-state index contributed by atoms with van der Waals surface area (Å²) in [5.41, 5.74) is 0.250. The zero-order valence-corrected chi connectivity index (χ0v) is 12.4. The molecule has 0 aliphatic heterocycles. The zero-order chi connectivity index (χ0) is 15.4. The molecule has 1 atom stereocenters. The van der Waals surface area contributed by atoms with Crippen molar-refractivity contribution >= 4 is 21.8 Å². The minimum atomic E-state index is -0.830. The van der Waals surface area contributed by atoms with Gasteiger partial charge in [-0.05, 0) is 35.9 Å². The van der Waals surface area contributed by atoms with Crippen molar-refractivity contribution in [2.75, 3.05) is 6.61 Å². The van der Waals surface area contributed by atoms with Gasteiger partial charge in [-0.1, -0.05) is 28.1 Å². The third kappa shape index (κ3) is 3.86. The normalized spacial score (nSPS) is 12.0. The Morgan fingerprint density at radius 3 is 2.57 bits per heavy atom. The van der Waals surface area contributed by atoms with Gasteiger partial charge in [-0.2, -0.15) is 0 Å². The van der Waals surface area contributed by atoms with Crippen LogP contribution in [-0.4, -0.2) is 17.6 Å². The maximum atomic E-state index is 13.5. The Balaban J connectivity index is 2.23. The van der Waals surface area contributed by atoms with Gasteiger partial charge in [0.1, 0.15) is 11.6 Å². The van der Waals surface area contributed by atoms with Crippen molar-refractivity contribution in [2.45, 2.75) is 6.04 Å². The second kappa shape index (κ2) is 6.78. The topological polar surface area (TPSA) is 49.3 Å². The highest BCUT2D eigenvalue weighted by atomic mass is 79.9. The summed E-state index contributed by atoms with van der Waals surface area (Å²) in [4.78, 5) is 12.0. The number of benzene rings is 2. The van der Waals surface area contributed by atoms with Gasteiger partial charge in [-0.15, -0.1) is 0 Å². The predicted molar refractivity (Wildman–Crippen MR) is 77.8 cm³/mol. The van der Waals surface area contributed by atoms with E-state index in [1.165, 1.54) is 36.4 Å². The number of carbonyl (C=O) groups excluding carboxylic acids is 1. The van der Waals surface area contributed by atoms with Crippen LogP contribution in [0.2, 0.25) is 0 Å². The number of carbonyl (C=O) groups is 1. The number of hydrogen-bond donors (Lipinski definition) is 2. The summed E-state index contributed by atoms with van der Waals surface area (Å²) in [7, 11) is 0. The van der Waals surface area contributed by atoms with Crippen LogP contribution >= 0.6 is 15.9 Å². The van der Waals surface area contributed by atoms with Crippen molar-refractivity contribution < 1.29 is 18.7 Å². The van der Waals surface area contributed by atoms with E-state index in [9.17, 15) is 18.7 Å². The molecule has 0 bridgehead atoms. The average molecular weight is 356 g/mol. The van der Waals surface area contributed by atoms with Gasteiger partial charge in [-0.25, -0.2) is 8.78 Å². The first-order valence-electron chi connectivity index (χ1n) is 6.13. The number of aliphatic hydroxyl groups is 1. The molecule has 0 aromatic heterocycles. The highest BCUT2D eigenvalue weighted by molar-refractivity contribution is 9.10. The lowest BCUT2D eigenvalue weighted by Crippen LogP contribution is -2.31. The number of nitrogens with one attached hydrogen (secondary N) is 1. The summed E-state index contributed by atoms with van der Waals surface area (Å²) >= 11 is 3.14. The fourth-order valence-electron chi connectivity index (χ4n) is 1.89. The van der Waals surface area contributed by atoms with Crippen molar-refractivity contribution in [1.82, 2.24) is 5.32 Å². The van der Waals surface area contributed by atoms with Gasteiger partial charge in [0.25, 0.3) is 5.91 Å². The predicted octanol–water partition coefficient (Wildman–Crippen LogP) is 3.19. The van der Waals surface area contributed by atoms with Gasteiger partial charge >= 0.3 is 0 Å². The molecular formula is C15H12BrF2NO2. The molecule has 6 heteroatoms. The number of halogens is 3. The van der Waals surface area contributed by atoms with E-state index in [0.29, 0.717) is 10.0 Å². The van der Waals surface area contributed by atoms with Crippen molar-refractivity contribution in [3.05, 3.63) is 69.7 Å². The molecule has 0 fully saturated rings. The highest BCUT2D eigenvalue weighted by Gasteiger charge is 2.18. The van der Waals surface area contributed by atoms with Crippen LogP contribution in [0.15, 0.2) is 46.9 Å². The molecule has 3 nitrogen and oxygen atoms in total. The van der Waals surface area contributed by atoms with E-state index in [-0.39, 0.29) is 5.56 Å². The van der Waals surface area contributed by atoms with Crippen molar-refractivity contribution in [2.24, 2.45) is 0 Å². The molecule has 110 valence electrons. The van der Waals surface area contributed by atoms with Crippen LogP contribution in [0.3, 0.4) is 0 Å². The molecule has 2 aromatic carbocycles. The first kappa shape index (κ1) is 15.6. The van der Waals surface area contributed by atoms with E-state index < -0.39 is 30.2 Å². The Bertz CT molecular complexity index is 644. The van der Waals surface area contributed by atoms with E-state index in [4.69, 9.17) is 0 Å². The van der Waals surface area contributed by atoms with E-state index >= 15 is 0 Å². The van der Waals surface area contributed by atoms with Crippen LogP contribution in [0, 0.1) is 11.6 Å². The lowest BCUT2D eigenvalue weighted by molar-refractivity contribution is 0.0912. The molecule has 2 rings (SSSR count). The highest BCUT2D eigenvalue weighted by Crippen LogP contribution is 2.21. The summed E-state index contributed by atoms with van der Waals surface area (Å²) in [5.74, 6) is -1.84. The molecule has 0 saturated carbocycles. The largest absolute Gasteiger partial charge is 0.394 e. The summed E-state index contributed by atoms with van der Waals surface area (Å²) in [5, 5.41) is 11.9. The second-order valence-electron chi connectivity index (χ2n) is 4.39. The summed E-state index contributed by atoms with van der Waals surface area (Å²) in [6.07, 6.45) is 0. The first-order valence-corrected chi connectivity index (χ1v) is 6.93. The minimum Gasteiger partial charge on any atom is -0.394 e. The fraction of sp³-hybridized carbons (Fsp3) is 0.133. The Morgan fingerprint density at radius 2 is 1.95 bits per heavy atom. The molecule has 21 heavy (non-hydrogen) atoms. The fourth-order valence-corrected chi connectivity index (χ4v) is 2.38. The SMILES string of the molecule is O=C(N[C@H](CO)c1cc(F)cc(Br)c1)c1ccccc1F. The maximum Gasteiger partial charge on any atom is 0.254 e. The van der Waals surface area contributed by atoms with Gasteiger partial charge in [0.15, 0.2) is 0 Å². The first-order chi connectivity index (χ1) is 10.0. The van der Waals surface area contributed by atoms with Crippen molar-refractivity contribution in [3.8, 4) is 0 Å². The zero-order valence-electron chi connectivity index (χ0n) is 10.8. The molecule has 0 aliphatic rings. The summed E-state index contributed by atoms with van der Waals surface area (Å²) in [6.45, 7) is -0.434. The standard InChI is InChI=1S/C15H12BrF2NO2/c16-10-5-9(6-11(17)7-10)14(8-20)19-15(21)12-3-1-2-4-13(12)18/h1-7,14,20H,8H2,(H,19,21)/t14-/m1/s1. The number of rotatable bonds is 4. The molecule has 2 N–H and O–H groups in total. The Hall–Kier alpha value is -1.79. The van der Waals surface area contributed by atoms with Crippen LogP contribution in [0.4, 0.5) is 8.78 Å². The van der Waals surface area contributed by atoms with Gasteiger partial charge < -0.3 is 10.4 Å². The monoisotopic (exact) mass is 355 g/mol. The van der Waals surface area contributed by atoms with E-state index in [2.05, 4.69) is 21.2 Å². The molecule has 0 spiro atoms. The van der Waals surface area contributed by atoms with Gasteiger partial charge in [0.2, 0.25) is 0 Å². The smallest absolute Gasteiger partial charge is 0.254 e.